The molecule has 0 aliphatic carbocycles. The van der Waals surface area contributed by atoms with Crippen molar-refractivity contribution in [3.8, 4) is 22.4 Å². The summed E-state index contributed by atoms with van der Waals surface area (Å²) in [5.41, 5.74) is 2.34. The van der Waals surface area contributed by atoms with E-state index >= 15 is 0 Å². The van der Waals surface area contributed by atoms with Gasteiger partial charge in [0.2, 0.25) is 0 Å². The second-order valence-corrected chi connectivity index (χ2v) is 7.55. The number of aromatic nitrogens is 7. The molecule has 5 rings (SSSR count). The van der Waals surface area contributed by atoms with Crippen molar-refractivity contribution in [2.75, 3.05) is 0 Å². The summed E-state index contributed by atoms with van der Waals surface area (Å²) in [6.45, 7) is 1.54. The lowest BCUT2D eigenvalue weighted by molar-refractivity contribution is 0.0633. The van der Waals surface area contributed by atoms with E-state index in [1.54, 1.807) is 36.3 Å². The molecule has 0 aliphatic rings. The minimum absolute atomic E-state index is 0.208. The van der Waals surface area contributed by atoms with Gasteiger partial charge >= 0.3 is 0 Å². The number of fused-ring (bicyclic) bond motifs is 1. The average molecular weight is 417 g/mol. The smallest absolute Gasteiger partial charge is 0.266 e. The van der Waals surface area contributed by atoms with Gasteiger partial charge in [-0.25, -0.2) is 9.67 Å². The highest BCUT2D eigenvalue weighted by Gasteiger charge is 2.33. The molecule has 10 nitrogen and oxygen atoms in total. The van der Waals surface area contributed by atoms with Crippen LogP contribution < -0.4 is 5.56 Å². The maximum Gasteiger partial charge on any atom is 0.266 e. The zero-order valence-electron chi connectivity index (χ0n) is 17.1. The molecule has 0 radical (unpaired) electrons. The first-order chi connectivity index (χ1) is 14.8. The van der Waals surface area contributed by atoms with E-state index in [2.05, 4.69) is 25.3 Å². The monoisotopic (exact) mass is 417 g/mol. The van der Waals surface area contributed by atoms with Crippen LogP contribution in [0.1, 0.15) is 18.4 Å². The van der Waals surface area contributed by atoms with Crippen LogP contribution in [0.3, 0.4) is 0 Å². The number of nitrogens with one attached hydrogen (secondary N) is 1. The van der Waals surface area contributed by atoms with E-state index in [4.69, 9.17) is 4.52 Å². The molecule has 5 heterocycles. The minimum atomic E-state index is -1.57. The van der Waals surface area contributed by atoms with E-state index in [-0.39, 0.29) is 17.0 Å². The second-order valence-electron chi connectivity index (χ2n) is 7.55. The lowest BCUT2D eigenvalue weighted by Crippen LogP contribution is -2.29. The topological polar surface area (TPSA) is 128 Å². The first kappa shape index (κ1) is 18.9. The van der Waals surface area contributed by atoms with Gasteiger partial charge in [0.15, 0.2) is 11.4 Å². The Labute approximate surface area is 175 Å². The highest BCUT2D eigenvalue weighted by atomic mass is 16.5. The number of pyridine rings is 1. The summed E-state index contributed by atoms with van der Waals surface area (Å²) in [4.78, 5) is 19.2. The molecule has 156 valence electrons. The van der Waals surface area contributed by atoms with Crippen LogP contribution in [0.15, 0.2) is 58.4 Å². The van der Waals surface area contributed by atoms with Crippen LogP contribution in [0.2, 0.25) is 0 Å². The Bertz CT molecular complexity index is 1470. The van der Waals surface area contributed by atoms with Gasteiger partial charge in [-0.1, -0.05) is 5.16 Å². The summed E-state index contributed by atoms with van der Waals surface area (Å²) in [6, 6.07) is 6.48. The molecule has 1 unspecified atom stereocenters. The molecule has 31 heavy (non-hydrogen) atoms. The fourth-order valence-corrected chi connectivity index (χ4v) is 3.46. The van der Waals surface area contributed by atoms with Crippen LogP contribution in [0, 0.1) is 0 Å². The lowest BCUT2D eigenvalue weighted by atomic mass is 9.98. The van der Waals surface area contributed by atoms with Gasteiger partial charge in [0.1, 0.15) is 17.0 Å². The third-order valence-corrected chi connectivity index (χ3v) is 5.29. The Morgan fingerprint density at radius 2 is 2.00 bits per heavy atom. The quantitative estimate of drug-likeness (QED) is 0.457. The summed E-state index contributed by atoms with van der Waals surface area (Å²) >= 11 is 0. The third-order valence-electron chi connectivity index (χ3n) is 5.29. The number of aliphatic hydroxyl groups is 1. The molecule has 0 spiro atoms. The van der Waals surface area contributed by atoms with Gasteiger partial charge in [0.05, 0.1) is 6.20 Å². The first-order valence-corrected chi connectivity index (χ1v) is 9.54. The van der Waals surface area contributed by atoms with Crippen LogP contribution >= 0.6 is 0 Å². The van der Waals surface area contributed by atoms with Crippen molar-refractivity contribution in [3.05, 3.63) is 70.9 Å². The zero-order valence-corrected chi connectivity index (χ0v) is 17.1. The molecule has 0 saturated carbocycles. The van der Waals surface area contributed by atoms with Gasteiger partial charge in [-0.15, -0.1) is 0 Å². The largest absolute Gasteiger partial charge is 0.376 e. The van der Waals surface area contributed by atoms with Crippen molar-refractivity contribution in [3.63, 3.8) is 0 Å². The highest BCUT2D eigenvalue weighted by Crippen LogP contribution is 2.34. The predicted molar refractivity (Wildman–Crippen MR) is 112 cm³/mol. The van der Waals surface area contributed by atoms with E-state index in [0.29, 0.717) is 11.3 Å². The second kappa shape index (κ2) is 6.74. The van der Waals surface area contributed by atoms with Crippen LogP contribution in [0.5, 0.6) is 0 Å². The van der Waals surface area contributed by atoms with Crippen LogP contribution in [0.4, 0.5) is 0 Å². The number of nitrogens with zero attached hydrogens (tertiary/aromatic N) is 6. The molecule has 5 aromatic rings. The Morgan fingerprint density at radius 3 is 2.74 bits per heavy atom. The standard InChI is InChI=1S/C21H19N7O3/c1-21(30,17-4-5-19(29)28(3)25-17)18-7-16(26-31-18)15-10-23-20-14(15)6-12(8-22-20)13-9-24-27(2)11-13/h4-11,30H,1-3H3,(H,22,23). The highest BCUT2D eigenvalue weighted by molar-refractivity contribution is 5.94. The molecule has 1 atom stereocenters. The summed E-state index contributed by atoms with van der Waals surface area (Å²) in [7, 11) is 3.38. The van der Waals surface area contributed by atoms with E-state index in [1.807, 2.05) is 19.3 Å². The Kier molecular flexibility index (Phi) is 4.12. The number of hydrogen-bond donors (Lipinski definition) is 2. The number of aryl methyl sites for hydroxylation is 2. The van der Waals surface area contributed by atoms with Crippen molar-refractivity contribution in [1.82, 2.24) is 34.7 Å². The third kappa shape index (κ3) is 3.13. The summed E-state index contributed by atoms with van der Waals surface area (Å²) in [6.07, 6.45) is 7.27. The first-order valence-electron chi connectivity index (χ1n) is 9.54. The summed E-state index contributed by atoms with van der Waals surface area (Å²) in [5, 5.41) is 24.4. The van der Waals surface area contributed by atoms with Crippen molar-refractivity contribution < 1.29 is 9.63 Å². The van der Waals surface area contributed by atoms with E-state index in [1.165, 1.54) is 19.2 Å². The van der Waals surface area contributed by atoms with Crippen molar-refractivity contribution in [2.45, 2.75) is 12.5 Å². The molecule has 5 aromatic heterocycles. The molecule has 0 fully saturated rings. The van der Waals surface area contributed by atoms with Crippen molar-refractivity contribution >= 4 is 11.0 Å². The molecular weight excluding hydrogens is 398 g/mol. The Hall–Kier alpha value is -4.05. The summed E-state index contributed by atoms with van der Waals surface area (Å²) in [5.74, 6) is 0.208. The number of hydrogen-bond acceptors (Lipinski definition) is 7. The molecule has 0 saturated heterocycles. The van der Waals surface area contributed by atoms with Crippen molar-refractivity contribution in [1.29, 1.82) is 0 Å². The fourth-order valence-electron chi connectivity index (χ4n) is 3.46. The summed E-state index contributed by atoms with van der Waals surface area (Å²) < 4.78 is 8.36. The van der Waals surface area contributed by atoms with Crippen LogP contribution in [-0.4, -0.2) is 39.8 Å². The number of H-pyrrole nitrogens is 1. The van der Waals surface area contributed by atoms with Crippen LogP contribution in [-0.2, 0) is 19.7 Å². The number of rotatable bonds is 4. The molecule has 0 bridgehead atoms. The molecule has 10 heteroatoms. The lowest BCUT2D eigenvalue weighted by Gasteiger charge is -2.19. The Balaban J connectivity index is 1.56. The zero-order chi connectivity index (χ0) is 21.8. The predicted octanol–water partition coefficient (Wildman–Crippen LogP) is 1.97. The average Bonchev–Trinajstić information content (AvgIpc) is 3.48. The molecule has 0 amide bonds. The molecule has 0 aliphatic heterocycles. The normalized spacial score (nSPS) is 13.5. The van der Waals surface area contributed by atoms with E-state index < -0.39 is 5.60 Å². The minimum Gasteiger partial charge on any atom is -0.376 e. The van der Waals surface area contributed by atoms with Gasteiger partial charge < -0.3 is 14.6 Å². The fraction of sp³-hybridized carbons (Fsp3) is 0.190. The van der Waals surface area contributed by atoms with E-state index in [9.17, 15) is 9.90 Å². The maximum atomic E-state index is 11.6. The molecule has 0 aromatic carbocycles. The van der Waals surface area contributed by atoms with Gasteiger partial charge in [0.25, 0.3) is 5.56 Å². The van der Waals surface area contributed by atoms with Gasteiger partial charge in [-0.2, -0.15) is 10.2 Å². The SMILES string of the molecule is Cn1cc(-c2cnc3[nH]cc(-c4cc(C(C)(O)c5ccc(=O)n(C)n5)on4)c3c2)cn1. The van der Waals surface area contributed by atoms with E-state index in [0.717, 1.165) is 26.8 Å². The number of aromatic amines is 1. The van der Waals surface area contributed by atoms with Gasteiger partial charge in [-0.05, 0) is 19.1 Å². The van der Waals surface area contributed by atoms with Gasteiger partial charge in [0, 0.05) is 66.9 Å². The maximum absolute atomic E-state index is 11.6. The molecular formula is C21H19N7O3. The Morgan fingerprint density at radius 1 is 1.16 bits per heavy atom. The van der Waals surface area contributed by atoms with Crippen LogP contribution in [0.25, 0.3) is 33.4 Å². The van der Waals surface area contributed by atoms with Crippen molar-refractivity contribution in [2.24, 2.45) is 14.1 Å². The van der Waals surface area contributed by atoms with Gasteiger partial charge in [-0.3, -0.25) is 9.48 Å². The molecule has 2 N–H and O–H groups in total.